The minimum Gasteiger partial charge on any atom is -0.329 e. The van der Waals surface area contributed by atoms with Gasteiger partial charge in [-0.1, -0.05) is 6.92 Å². The summed E-state index contributed by atoms with van der Waals surface area (Å²) in [6, 6.07) is 0. The Morgan fingerprint density at radius 3 is 3.08 bits per heavy atom. The van der Waals surface area contributed by atoms with Gasteiger partial charge in [0.2, 0.25) is 0 Å². The summed E-state index contributed by atoms with van der Waals surface area (Å²) in [5.74, 6) is 1.66. The van der Waals surface area contributed by atoms with Crippen LogP contribution in [0, 0.1) is 6.20 Å². The van der Waals surface area contributed by atoms with Crippen LogP contribution in [0.3, 0.4) is 0 Å². The number of hydrogen-bond donors (Lipinski definition) is 0. The molecule has 2 aliphatic heterocycles. The lowest BCUT2D eigenvalue weighted by molar-refractivity contribution is 0.755. The first-order valence-electron chi connectivity index (χ1n) is 3.87. The van der Waals surface area contributed by atoms with Gasteiger partial charge in [0.05, 0.1) is 6.20 Å². The van der Waals surface area contributed by atoms with Gasteiger partial charge in [-0.2, -0.15) is 0 Å². The Kier molecular flexibility index (Phi) is 1.53. The third kappa shape index (κ3) is 0.958. The van der Waals surface area contributed by atoms with Crippen molar-refractivity contribution in [2.75, 3.05) is 0 Å². The van der Waals surface area contributed by atoms with E-state index in [1.54, 1.807) is 0 Å². The monoisotopic (exact) mass is 161 g/mol. The molecule has 2 heterocycles. The lowest BCUT2D eigenvalue weighted by Crippen LogP contribution is -2.05. The Balaban J connectivity index is 2.67. The van der Waals surface area contributed by atoms with Gasteiger partial charge in [0.15, 0.2) is 5.82 Å². The van der Waals surface area contributed by atoms with E-state index in [0.29, 0.717) is 5.82 Å². The molecule has 2 rings (SSSR count). The third-order valence-electron chi connectivity index (χ3n) is 1.79. The van der Waals surface area contributed by atoms with Gasteiger partial charge in [0.25, 0.3) is 0 Å². The van der Waals surface area contributed by atoms with Crippen LogP contribution in [0.1, 0.15) is 12.7 Å². The maximum Gasteiger partial charge on any atom is 0.183 e. The van der Waals surface area contributed by atoms with Gasteiger partial charge in [-0.3, -0.25) is 0 Å². The number of imidazole rings is 1. The van der Waals surface area contributed by atoms with E-state index in [1.165, 1.54) is 6.33 Å². The highest BCUT2D eigenvalue weighted by molar-refractivity contribution is 5.47. The Labute approximate surface area is 70.6 Å². The van der Waals surface area contributed by atoms with Gasteiger partial charge in [-0.25, -0.2) is 15.0 Å². The Morgan fingerprint density at radius 1 is 1.50 bits per heavy atom. The summed E-state index contributed by atoms with van der Waals surface area (Å²) >= 11 is 0. The average molecular weight is 161 g/mol. The molecule has 0 aliphatic carbocycles. The minimum absolute atomic E-state index is 0.685. The van der Waals surface area contributed by atoms with Crippen LogP contribution in [-0.2, 0) is 13.5 Å². The van der Waals surface area contributed by atoms with Crippen LogP contribution >= 0.6 is 0 Å². The summed E-state index contributed by atoms with van der Waals surface area (Å²) < 4.78 is 1.86. The van der Waals surface area contributed by atoms with Gasteiger partial charge in [0, 0.05) is 13.5 Å². The van der Waals surface area contributed by atoms with E-state index < -0.39 is 0 Å². The molecular weight excluding hydrogens is 152 g/mol. The fourth-order valence-electron chi connectivity index (χ4n) is 1.16. The van der Waals surface area contributed by atoms with Gasteiger partial charge in [-0.05, 0) is 0 Å². The van der Waals surface area contributed by atoms with Crippen molar-refractivity contribution in [1.82, 2.24) is 19.5 Å². The van der Waals surface area contributed by atoms with E-state index in [0.717, 1.165) is 17.9 Å². The van der Waals surface area contributed by atoms with Gasteiger partial charge in [0.1, 0.15) is 17.8 Å². The van der Waals surface area contributed by atoms with Crippen LogP contribution < -0.4 is 0 Å². The Hall–Kier alpha value is -1.45. The van der Waals surface area contributed by atoms with E-state index in [9.17, 15) is 0 Å². The smallest absolute Gasteiger partial charge is 0.183 e. The fraction of sp³-hybridized carbons (Fsp3) is 0.375. The van der Waals surface area contributed by atoms with Crippen molar-refractivity contribution in [3.05, 3.63) is 18.3 Å². The van der Waals surface area contributed by atoms with Crippen molar-refractivity contribution in [3.63, 3.8) is 0 Å². The predicted molar refractivity (Wildman–Crippen MR) is 43.6 cm³/mol. The molecule has 0 aromatic rings. The number of aryl methyl sites for hydroxylation is 2. The number of rotatable bonds is 1. The Morgan fingerprint density at radius 2 is 2.33 bits per heavy atom. The van der Waals surface area contributed by atoms with Crippen LogP contribution in [0.5, 0.6) is 0 Å². The zero-order valence-corrected chi connectivity index (χ0v) is 7.07. The average Bonchev–Trinajstić information content (AvgIpc) is 2.49. The molecule has 4 heteroatoms. The number of nitrogens with zero attached hydrogens (tertiary/aromatic N) is 4. The highest BCUT2D eigenvalue weighted by Crippen LogP contribution is 2.12. The quantitative estimate of drug-likeness (QED) is 0.617. The molecule has 61 valence electrons. The number of hydrogen-bond acceptors (Lipinski definition) is 3. The van der Waals surface area contributed by atoms with Crippen molar-refractivity contribution >= 4 is 0 Å². The van der Waals surface area contributed by atoms with Gasteiger partial charge >= 0.3 is 0 Å². The number of fused-ring (bicyclic) bond motifs is 1. The molecule has 0 aromatic heterocycles. The summed E-state index contributed by atoms with van der Waals surface area (Å²) in [6.07, 6.45) is 5.46. The van der Waals surface area contributed by atoms with Gasteiger partial charge in [-0.15, -0.1) is 0 Å². The van der Waals surface area contributed by atoms with E-state index in [2.05, 4.69) is 28.1 Å². The van der Waals surface area contributed by atoms with Crippen LogP contribution in [0.15, 0.2) is 6.33 Å². The van der Waals surface area contributed by atoms with Gasteiger partial charge < -0.3 is 4.57 Å². The molecule has 12 heavy (non-hydrogen) atoms. The first-order valence-corrected chi connectivity index (χ1v) is 3.87. The maximum atomic E-state index is 4.31. The molecule has 0 spiro atoms. The molecule has 0 fully saturated rings. The van der Waals surface area contributed by atoms with Crippen molar-refractivity contribution in [3.8, 4) is 11.5 Å². The van der Waals surface area contributed by atoms with Crippen LogP contribution in [-0.4, -0.2) is 19.5 Å². The molecule has 0 unspecified atom stereocenters. The number of aromatic nitrogens is 4. The zero-order chi connectivity index (χ0) is 8.55. The second-order valence-corrected chi connectivity index (χ2v) is 2.60. The summed E-state index contributed by atoms with van der Waals surface area (Å²) in [5.41, 5.74) is 0.731. The lowest BCUT2D eigenvalue weighted by atomic mass is 10.3. The molecule has 0 N–H and O–H groups in total. The first-order chi connectivity index (χ1) is 5.81. The molecule has 4 nitrogen and oxygen atoms in total. The standard InChI is InChI=1S/C8H9N4/c1-3-7-11-8-6(4-12(7)2)9-5-10-8/h5H,3H2,1-2H3. The van der Waals surface area contributed by atoms with Crippen LogP contribution in [0.2, 0.25) is 0 Å². The molecule has 2 aliphatic rings. The highest BCUT2D eigenvalue weighted by atomic mass is 15.1. The maximum absolute atomic E-state index is 4.31. The molecule has 0 saturated heterocycles. The fourth-order valence-corrected chi connectivity index (χ4v) is 1.16. The summed E-state index contributed by atoms with van der Waals surface area (Å²) in [4.78, 5) is 12.3. The predicted octanol–water partition coefficient (Wildman–Crippen LogP) is 0.677. The van der Waals surface area contributed by atoms with Crippen molar-refractivity contribution in [2.24, 2.45) is 7.05 Å². The normalized spacial score (nSPS) is 10.8. The third-order valence-corrected chi connectivity index (χ3v) is 1.79. The van der Waals surface area contributed by atoms with Crippen LogP contribution in [0.4, 0.5) is 0 Å². The molecule has 1 radical (unpaired) electrons. The van der Waals surface area contributed by atoms with E-state index in [-0.39, 0.29) is 0 Å². The van der Waals surface area contributed by atoms with E-state index >= 15 is 0 Å². The molecular formula is C8H9N4. The SMILES string of the molecule is CCc1nc2ncnc-2[c]n1C. The highest BCUT2D eigenvalue weighted by Gasteiger charge is 2.09. The minimum atomic E-state index is 0.685. The summed E-state index contributed by atoms with van der Waals surface area (Å²) in [6.45, 7) is 2.05. The molecule has 0 bridgehead atoms. The first kappa shape index (κ1) is 7.21. The van der Waals surface area contributed by atoms with Crippen molar-refractivity contribution in [2.45, 2.75) is 13.3 Å². The van der Waals surface area contributed by atoms with Crippen molar-refractivity contribution in [1.29, 1.82) is 0 Å². The summed E-state index contributed by atoms with van der Waals surface area (Å²) in [5, 5.41) is 0. The Bertz CT molecular complexity index is 366. The topological polar surface area (TPSA) is 43.6 Å². The van der Waals surface area contributed by atoms with Crippen LogP contribution in [0.25, 0.3) is 11.5 Å². The molecule has 0 atom stereocenters. The summed E-state index contributed by atoms with van der Waals surface area (Å²) in [7, 11) is 1.92. The largest absolute Gasteiger partial charge is 0.329 e. The molecule has 0 aromatic carbocycles. The van der Waals surface area contributed by atoms with Crippen molar-refractivity contribution < 1.29 is 0 Å². The zero-order valence-electron chi connectivity index (χ0n) is 7.07. The second kappa shape index (κ2) is 2.55. The lowest BCUT2D eigenvalue weighted by Gasteiger charge is -2.05. The van der Waals surface area contributed by atoms with E-state index in [4.69, 9.17) is 0 Å². The molecule has 0 amide bonds. The molecule has 0 saturated carbocycles. The second-order valence-electron chi connectivity index (χ2n) is 2.60. The van der Waals surface area contributed by atoms with E-state index in [1.807, 2.05) is 11.6 Å².